The minimum Gasteiger partial charge on any atom is -0.374 e. The van der Waals surface area contributed by atoms with Crippen molar-refractivity contribution in [2.45, 2.75) is 6.92 Å². The molecule has 0 saturated heterocycles. The molecule has 3 N–H and O–H groups in total. The Bertz CT molecular complexity index is 954. The van der Waals surface area contributed by atoms with Crippen LogP contribution in [0.3, 0.4) is 0 Å². The lowest BCUT2D eigenvalue weighted by molar-refractivity contribution is 0.889. The summed E-state index contributed by atoms with van der Waals surface area (Å²) in [7, 11) is 0. The van der Waals surface area contributed by atoms with Crippen LogP contribution in [0.15, 0.2) is 57.5 Å². The van der Waals surface area contributed by atoms with Crippen molar-refractivity contribution in [1.29, 1.82) is 0 Å². The van der Waals surface area contributed by atoms with Gasteiger partial charge < -0.3 is 5.73 Å². The summed E-state index contributed by atoms with van der Waals surface area (Å²) in [5, 5.41) is 13.0. The van der Waals surface area contributed by atoms with Crippen LogP contribution in [-0.2, 0) is 0 Å². The molecule has 0 aliphatic carbocycles. The van der Waals surface area contributed by atoms with E-state index in [0.29, 0.717) is 11.4 Å². The standard InChI is InChI=1S/C15H13N5OS/c1-9-13(14(21)20(19-9)15(16)22)18-17-12-7-6-10-4-2-3-5-11(10)8-12/h2-8,19H,1H3,(H2,16,22). The van der Waals surface area contributed by atoms with E-state index in [1.165, 1.54) is 0 Å². The van der Waals surface area contributed by atoms with Crippen LogP contribution >= 0.6 is 12.2 Å². The van der Waals surface area contributed by atoms with Gasteiger partial charge in [0.2, 0.25) is 0 Å². The van der Waals surface area contributed by atoms with Crippen LogP contribution < -0.4 is 11.3 Å². The van der Waals surface area contributed by atoms with Gasteiger partial charge in [0, 0.05) is 0 Å². The maximum Gasteiger partial charge on any atom is 0.301 e. The molecular weight excluding hydrogens is 298 g/mol. The highest BCUT2D eigenvalue weighted by molar-refractivity contribution is 7.80. The van der Waals surface area contributed by atoms with Gasteiger partial charge in [0.1, 0.15) is 0 Å². The Hall–Kier alpha value is -2.80. The number of azo groups is 1. The van der Waals surface area contributed by atoms with Crippen LogP contribution in [0.1, 0.15) is 5.69 Å². The molecule has 0 spiro atoms. The van der Waals surface area contributed by atoms with Crippen molar-refractivity contribution in [2.75, 3.05) is 0 Å². The second-order valence-electron chi connectivity index (χ2n) is 4.80. The van der Waals surface area contributed by atoms with E-state index in [1.54, 1.807) is 6.92 Å². The van der Waals surface area contributed by atoms with E-state index in [-0.39, 0.29) is 10.8 Å². The number of aromatic nitrogens is 2. The zero-order valence-electron chi connectivity index (χ0n) is 11.8. The minimum atomic E-state index is -0.408. The predicted molar refractivity (Wildman–Crippen MR) is 90.1 cm³/mol. The molecule has 7 heteroatoms. The molecule has 3 aromatic rings. The Labute approximate surface area is 131 Å². The van der Waals surface area contributed by atoms with Gasteiger partial charge in [-0.15, -0.1) is 5.11 Å². The van der Waals surface area contributed by atoms with Crippen molar-refractivity contribution in [1.82, 2.24) is 9.78 Å². The summed E-state index contributed by atoms with van der Waals surface area (Å²) >= 11 is 4.79. The molecule has 0 saturated carbocycles. The Balaban J connectivity index is 1.99. The lowest BCUT2D eigenvalue weighted by atomic mass is 10.1. The number of thiocarbonyl (C=S) groups is 1. The van der Waals surface area contributed by atoms with Gasteiger partial charge in [-0.1, -0.05) is 30.3 Å². The monoisotopic (exact) mass is 311 g/mol. The van der Waals surface area contributed by atoms with Gasteiger partial charge in [-0.05, 0) is 42.0 Å². The highest BCUT2D eigenvalue weighted by Crippen LogP contribution is 2.23. The average molecular weight is 311 g/mol. The number of aromatic amines is 1. The van der Waals surface area contributed by atoms with Crippen LogP contribution in [0, 0.1) is 6.92 Å². The fraction of sp³-hybridized carbons (Fsp3) is 0.0667. The van der Waals surface area contributed by atoms with Crippen molar-refractivity contribution >= 4 is 39.5 Å². The van der Waals surface area contributed by atoms with Gasteiger partial charge in [0.25, 0.3) is 0 Å². The first kappa shape index (κ1) is 14.2. The van der Waals surface area contributed by atoms with Gasteiger partial charge >= 0.3 is 5.56 Å². The molecule has 1 aromatic heterocycles. The van der Waals surface area contributed by atoms with Gasteiger partial charge in [0.05, 0.1) is 11.4 Å². The molecule has 1 heterocycles. The Kier molecular flexibility index (Phi) is 3.56. The number of aryl methyl sites for hydroxylation is 1. The maximum atomic E-state index is 12.1. The minimum absolute atomic E-state index is 0.0553. The highest BCUT2D eigenvalue weighted by atomic mass is 32.1. The van der Waals surface area contributed by atoms with Crippen molar-refractivity contribution in [3.05, 3.63) is 58.5 Å². The fourth-order valence-corrected chi connectivity index (χ4v) is 2.29. The maximum absolute atomic E-state index is 12.1. The molecule has 0 unspecified atom stereocenters. The van der Waals surface area contributed by atoms with Gasteiger partial charge in [0.15, 0.2) is 10.8 Å². The molecule has 0 fully saturated rings. The number of benzene rings is 2. The van der Waals surface area contributed by atoms with E-state index in [2.05, 4.69) is 15.3 Å². The Morgan fingerprint density at radius 1 is 1.18 bits per heavy atom. The molecule has 0 amide bonds. The molecule has 2 aromatic carbocycles. The fourth-order valence-electron chi connectivity index (χ4n) is 2.16. The van der Waals surface area contributed by atoms with E-state index in [9.17, 15) is 4.79 Å². The lowest BCUT2D eigenvalue weighted by Crippen LogP contribution is -2.29. The summed E-state index contributed by atoms with van der Waals surface area (Å²) in [4.78, 5) is 12.1. The molecule has 0 aliphatic heterocycles. The second kappa shape index (κ2) is 5.53. The van der Waals surface area contributed by atoms with Crippen LogP contribution in [-0.4, -0.2) is 14.9 Å². The molecule has 22 heavy (non-hydrogen) atoms. The van der Waals surface area contributed by atoms with Crippen LogP contribution in [0.4, 0.5) is 11.4 Å². The number of nitrogens with zero attached hydrogens (tertiary/aromatic N) is 3. The van der Waals surface area contributed by atoms with Crippen molar-refractivity contribution in [3.8, 4) is 0 Å². The number of hydrogen-bond donors (Lipinski definition) is 2. The first-order valence-corrected chi connectivity index (χ1v) is 6.99. The molecule has 0 atom stereocenters. The van der Waals surface area contributed by atoms with Crippen molar-refractivity contribution in [2.24, 2.45) is 16.0 Å². The third kappa shape index (κ3) is 2.53. The Morgan fingerprint density at radius 2 is 1.91 bits per heavy atom. The zero-order valence-corrected chi connectivity index (χ0v) is 12.6. The van der Waals surface area contributed by atoms with E-state index in [0.717, 1.165) is 15.5 Å². The van der Waals surface area contributed by atoms with E-state index in [4.69, 9.17) is 18.0 Å². The van der Waals surface area contributed by atoms with Crippen molar-refractivity contribution < 1.29 is 0 Å². The number of H-pyrrole nitrogens is 1. The van der Waals surface area contributed by atoms with Crippen LogP contribution in [0.2, 0.25) is 0 Å². The molecule has 110 valence electrons. The van der Waals surface area contributed by atoms with Crippen LogP contribution in [0.5, 0.6) is 0 Å². The third-order valence-corrected chi connectivity index (χ3v) is 3.44. The summed E-state index contributed by atoms with van der Waals surface area (Å²) in [5.41, 5.74) is 6.47. The summed E-state index contributed by atoms with van der Waals surface area (Å²) < 4.78 is 1.07. The summed E-state index contributed by atoms with van der Waals surface area (Å²) in [6, 6.07) is 13.7. The highest BCUT2D eigenvalue weighted by Gasteiger charge is 2.11. The average Bonchev–Trinajstić information content (AvgIpc) is 2.80. The number of rotatable bonds is 2. The molecule has 6 nitrogen and oxygen atoms in total. The zero-order chi connectivity index (χ0) is 15.7. The first-order chi connectivity index (χ1) is 10.6. The molecule has 0 aliphatic rings. The van der Waals surface area contributed by atoms with E-state index >= 15 is 0 Å². The Morgan fingerprint density at radius 3 is 2.59 bits per heavy atom. The molecule has 0 bridgehead atoms. The topological polar surface area (TPSA) is 88.5 Å². The number of fused-ring (bicyclic) bond motifs is 1. The molecule has 0 radical (unpaired) electrons. The normalized spacial score (nSPS) is 11.3. The van der Waals surface area contributed by atoms with Gasteiger partial charge in [-0.3, -0.25) is 9.89 Å². The number of nitrogens with one attached hydrogen (secondary N) is 1. The summed E-state index contributed by atoms with van der Waals surface area (Å²) in [6.07, 6.45) is 0. The van der Waals surface area contributed by atoms with Gasteiger partial charge in [-0.25, -0.2) is 0 Å². The quantitative estimate of drug-likeness (QED) is 0.563. The number of hydrogen-bond acceptors (Lipinski definition) is 4. The SMILES string of the molecule is Cc1[nH]n(C(N)=S)c(=O)c1N=Nc1ccc2ccccc2c1. The lowest BCUT2D eigenvalue weighted by Gasteiger charge is -1.97. The van der Waals surface area contributed by atoms with Crippen LogP contribution in [0.25, 0.3) is 10.8 Å². The smallest absolute Gasteiger partial charge is 0.301 e. The van der Waals surface area contributed by atoms with E-state index < -0.39 is 5.56 Å². The first-order valence-electron chi connectivity index (χ1n) is 6.58. The predicted octanol–water partition coefficient (Wildman–Crippen LogP) is 3.15. The third-order valence-electron chi connectivity index (χ3n) is 3.26. The summed E-state index contributed by atoms with van der Waals surface area (Å²) in [5.74, 6) is 0. The second-order valence-corrected chi connectivity index (χ2v) is 5.21. The van der Waals surface area contributed by atoms with Gasteiger partial charge in [-0.2, -0.15) is 9.80 Å². The van der Waals surface area contributed by atoms with Crippen molar-refractivity contribution in [3.63, 3.8) is 0 Å². The summed E-state index contributed by atoms with van der Waals surface area (Å²) in [6.45, 7) is 1.71. The molecule has 3 rings (SSSR count). The van der Waals surface area contributed by atoms with E-state index in [1.807, 2.05) is 42.5 Å². The largest absolute Gasteiger partial charge is 0.374 e. The number of nitrogens with two attached hydrogens (primary N) is 1. The molecular formula is C15H13N5OS.